The van der Waals surface area contributed by atoms with Crippen molar-refractivity contribution in [2.75, 3.05) is 5.32 Å². The van der Waals surface area contributed by atoms with Gasteiger partial charge in [0.1, 0.15) is 0 Å². The van der Waals surface area contributed by atoms with E-state index in [0.29, 0.717) is 23.9 Å². The van der Waals surface area contributed by atoms with Crippen LogP contribution in [0.15, 0.2) is 42.7 Å². The number of nitrogens with one attached hydrogen (secondary N) is 1. The molecule has 3 rings (SSSR count). The fourth-order valence-corrected chi connectivity index (χ4v) is 2.64. The summed E-state index contributed by atoms with van der Waals surface area (Å²) in [6.07, 6.45) is 3.46. The predicted octanol–water partition coefficient (Wildman–Crippen LogP) is 3.36. The molecule has 0 unspecified atom stereocenters. The number of carbonyl (C=O) groups is 1. The zero-order valence-corrected chi connectivity index (χ0v) is 14.3. The first-order valence-corrected chi connectivity index (χ1v) is 8.06. The van der Waals surface area contributed by atoms with E-state index >= 15 is 0 Å². The van der Waals surface area contributed by atoms with Crippen LogP contribution in [-0.2, 0) is 13.1 Å². The first-order valence-electron chi connectivity index (χ1n) is 7.68. The minimum absolute atomic E-state index is 0.201. The van der Waals surface area contributed by atoms with Crippen LogP contribution < -0.4 is 5.32 Å². The van der Waals surface area contributed by atoms with Crippen LogP contribution in [0.1, 0.15) is 28.5 Å². The predicted molar refractivity (Wildman–Crippen MR) is 93.4 cm³/mol. The van der Waals surface area contributed by atoms with E-state index in [-0.39, 0.29) is 11.6 Å². The second-order valence-electron chi connectivity index (χ2n) is 5.52. The van der Waals surface area contributed by atoms with Gasteiger partial charge in [0.05, 0.1) is 11.6 Å². The highest BCUT2D eigenvalue weighted by Gasteiger charge is 2.16. The van der Waals surface area contributed by atoms with Crippen molar-refractivity contribution in [1.29, 1.82) is 0 Å². The lowest BCUT2D eigenvalue weighted by Crippen LogP contribution is -2.14. The fraction of sp³-hybridized carbons (Fsp3) is 0.235. The summed E-state index contributed by atoms with van der Waals surface area (Å²) in [5.74, 6) is 0.0998. The van der Waals surface area contributed by atoms with Crippen molar-refractivity contribution in [3.8, 4) is 0 Å². The zero-order chi connectivity index (χ0) is 17.1. The molecule has 1 aromatic carbocycles. The van der Waals surface area contributed by atoms with E-state index < -0.39 is 0 Å². The van der Waals surface area contributed by atoms with Gasteiger partial charge in [0.15, 0.2) is 11.5 Å². The molecule has 0 radical (unpaired) electrons. The van der Waals surface area contributed by atoms with Crippen LogP contribution in [0.25, 0.3) is 0 Å². The van der Waals surface area contributed by atoms with Crippen LogP contribution in [-0.4, -0.2) is 25.5 Å². The second kappa shape index (κ2) is 6.88. The van der Waals surface area contributed by atoms with E-state index in [0.717, 1.165) is 5.56 Å². The fourth-order valence-electron chi connectivity index (χ4n) is 2.40. The molecule has 0 aliphatic rings. The van der Waals surface area contributed by atoms with Crippen molar-refractivity contribution in [3.05, 3.63) is 64.6 Å². The molecule has 1 amide bonds. The van der Waals surface area contributed by atoms with Gasteiger partial charge in [-0.05, 0) is 19.4 Å². The maximum Gasteiger partial charge on any atom is 0.278 e. The number of halogens is 1. The number of hydrogen-bond donors (Lipinski definition) is 1. The first kappa shape index (κ1) is 16.3. The summed E-state index contributed by atoms with van der Waals surface area (Å²) in [6.45, 7) is 5.27. The Morgan fingerprint density at radius 3 is 2.79 bits per heavy atom. The summed E-state index contributed by atoms with van der Waals surface area (Å²) >= 11 is 6.04. The monoisotopic (exact) mass is 343 g/mol. The van der Waals surface area contributed by atoms with Crippen LogP contribution in [0.2, 0.25) is 5.02 Å². The van der Waals surface area contributed by atoms with Gasteiger partial charge in [-0.2, -0.15) is 10.2 Å². The second-order valence-corrected chi connectivity index (χ2v) is 5.93. The summed E-state index contributed by atoms with van der Waals surface area (Å²) < 4.78 is 3.39. The molecule has 124 valence electrons. The zero-order valence-electron chi connectivity index (χ0n) is 13.5. The van der Waals surface area contributed by atoms with E-state index in [1.54, 1.807) is 21.6 Å². The maximum atomic E-state index is 12.3. The maximum absolute atomic E-state index is 12.3. The summed E-state index contributed by atoms with van der Waals surface area (Å²) in [6, 6.07) is 9.97. The molecule has 0 saturated carbocycles. The smallest absolute Gasteiger partial charge is 0.278 e. The molecule has 7 heteroatoms. The highest BCUT2D eigenvalue weighted by Crippen LogP contribution is 2.16. The van der Waals surface area contributed by atoms with Crippen LogP contribution in [0, 0.1) is 6.92 Å². The Kier molecular flexibility index (Phi) is 4.66. The van der Waals surface area contributed by atoms with Gasteiger partial charge in [-0.25, -0.2) is 0 Å². The number of amides is 1. The third-order valence-corrected chi connectivity index (χ3v) is 3.84. The number of aryl methyl sites for hydroxylation is 2. The van der Waals surface area contributed by atoms with Gasteiger partial charge in [0.25, 0.3) is 5.91 Å². The average molecular weight is 344 g/mol. The Morgan fingerprint density at radius 1 is 1.25 bits per heavy atom. The molecule has 0 aliphatic heterocycles. The Balaban J connectivity index is 1.69. The van der Waals surface area contributed by atoms with Gasteiger partial charge >= 0.3 is 0 Å². The van der Waals surface area contributed by atoms with Gasteiger partial charge in [0.2, 0.25) is 0 Å². The van der Waals surface area contributed by atoms with Gasteiger partial charge in [-0.15, -0.1) is 0 Å². The molecule has 0 atom stereocenters. The van der Waals surface area contributed by atoms with Crippen LogP contribution in [0.5, 0.6) is 0 Å². The molecule has 2 aromatic heterocycles. The van der Waals surface area contributed by atoms with Crippen molar-refractivity contribution in [1.82, 2.24) is 19.6 Å². The SMILES string of the molecule is CCn1cc(Cl)c(C(=O)Nc2ccn(Cc3cccc(C)c3)n2)n1. The summed E-state index contributed by atoms with van der Waals surface area (Å²) in [5.41, 5.74) is 2.56. The summed E-state index contributed by atoms with van der Waals surface area (Å²) in [7, 11) is 0. The molecule has 0 spiro atoms. The Labute approximate surface area is 145 Å². The first-order chi connectivity index (χ1) is 11.5. The quantitative estimate of drug-likeness (QED) is 0.772. The molecule has 2 heterocycles. The van der Waals surface area contributed by atoms with Crippen molar-refractivity contribution in [2.45, 2.75) is 26.9 Å². The highest BCUT2D eigenvalue weighted by atomic mass is 35.5. The standard InChI is InChI=1S/C17H18ClN5O/c1-3-22-11-14(18)16(21-22)17(24)19-15-7-8-23(20-15)10-13-6-4-5-12(2)9-13/h4-9,11H,3,10H2,1-2H3,(H,19,20,24). The van der Waals surface area contributed by atoms with E-state index in [1.807, 2.05) is 25.3 Å². The summed E-state index contributed by atoms with van der Waals surface area (Å²) in [5, 5.41) is 11.6. The minimum atomic E-state index is -0.368. The van der Waals surface area contributed by atoms with Gasteiger partial charge < -0.3 is 5.32 Å². The molecule has 0 fully saturated rings. The Morgan fingerprint density at radius 2 is 2.08 bits per heavy atom. The lowest BCUT2D eigenvalue weighted by Gasteiger charge is -2.03. The van der Waals surface area contributed by atoms with Crippen molar-refractivity contribution in [2.24, 2.45) is 0 Å². The molecule has 24 heavy (non-hydrogen) atoms. The Bertz CT molecular complexity index is 868. The molecular weight excluding hydrogens is 326 g/mol. The molecule has 1 N–H and O–H groups in total. The summed E-state index contributed by atoms with van der Waals surface area (Å²) in [4.78, 5) is 12.3. The number of carbonyl (C=O) groups excluding carboxylic acids is 1. The van der Waals surface area contributed by atoms with Gasteiger partial charge in [0, 0.05) is 25.0 Å². The largest absolute Gasteiger partial charge is 0.304 e. The van der Waals surface area contributed by atoms with Crippen LogP contribution in [0.3, 0.4) is 0 Å². The molecule has 3 aromatic rings. The number of nitrogens with zero attached hydrogens (tertiary/aromatic N) is 4. The third-order valence-electron chi connectivity index (χ3n) is 3.57. The van der Waals surface area contributed by atoms with E-state index in [4.69, 9.17) is 11.6 Å². The van der Waals surface area contributed by atoms with Gasteiger partial charge in [-0.1, -0.05) is 41.4 Å². The number of aromatic nitrogens is 4. The van der Waals surface area contributed by atoms with Gasteiger partial charge in [-0.3, -0.25) is 14.2 Å². The highest BCUT2D eigenvalue weighted by molar-refractivity contribution is 6.34. The lowest BCUT2D eigenvalue weighted by molar-refractivity contribution is 0.102. The molecule has 0 bridgehead atoms. The average Bonchev–Trinajstić information content (AvgIpc) is 3.13. The number of benzene rings is 1. The number of hydrogen-bond acceptors (Lipinski definition) is 3. The van der Waals surface area contributed by atoms with E-state index in [2.05, 4.69) is 34.6 Å². The minimum Gasteiger partial charge on any atom is -0.304 e. The molecular formula is C17H18ClN5O. The van der Waals surface area contributed by atoms with Crippen molar-refractivity contribution in [3.63, 3.8) is 0 Å². The molecule has 0 aliphatic carbocycles. The van der Waals surface area contributed by atoms with Crippen molar-refractivity contribution < 1.29 is 4.79 Å². The molecule has 6 nitrogen and oxygen atoms in total. The van der Waals surface area contributed by atoms with E-state index in [9.17, 15) is 4.79 Å². The van der Waals surface area contributed by atoms with Crippen LogP contribution in [0.4, 0.5) is 5.82 Å². The van der Waals surface area contributed by atoms with Crippen LogP contribution >= 0.6 is 11.6 Å². The van der Waals surface area contributed by atoms with Crippen molar-refractivity contribution >= 4 is 23.3 Å². The van der Waals surface area contributed by atoms with E-state index in [1.165, 1.54) is 5.56 Å². The number of rotatable bonds is 5. The normalized spacial score (nSPS) is 10.8. The topological polar surface area (TPSA) is 64.7 Å². The third kappa shape index (κ3) is 3.65. The number of anilines is 1. The molecule has 0 saturated heterocycles. The Hall–Kier alpha value is -2.60. The lowest BCUT2D eigenvalue weighted by atomic mass is 10.1.